The molecule has 0 aliphatic carbocycles. The molecule has 0 atom stereocenters. The minimum Gasteiger partial charge on any atom is -0.327 e. The Morgan fingerprint density at radius 1 is 1.12 bits per heavy atom. The minimum atomic E-state index is 0.399. The van der Waals surface area contributed by atoms with E-state index in [2.05, 4.69) is 47.9 Å². The molecule has 3 nitrogen and oxygen atoms in total. The van der Waals surface area contributed by atoms with Gasteiger partial charge in [-0.3, -0.25) is 0 Å². The summed E-state index contributed by atoms with van der Waals surface area (Å²) in [5.41, 5.74) is 6.61. The number of aryl methyl sites for hydroxylation is 2. The monoisotopic (exact) mass is 315 g/mol. The van der Waals surface area contributed by atoms with E-state index in [-0.39, 0.29) is 0 Å². The summed E-state index contributed by atoms with van der Waals surface area (Å²) in [7, 11) is 2.04. The van der Waals surface area contributed by atoms with E-state index in [1.165, 1.54) is 5.56 Å². The maximum atomic E-state index is 9.18. The molecule has 3 aromatic rings. The van der Waals surface area contributed by atoms with Crippen LogP contribution in [0, 0.1) is 18.3 Å². The molecule has 3 rings (SSSR count). The highest BCUT2D eigenvalue weighted by Crippen LogP contribution is 2.31. The molecule has 3 heteroatoms. The van der Waals surface area contributed by atoms with Gasteiger partial charge in [-0.2, -0.15) is 5.26 Å². The molecule has 0 amide bonds. The number of aromatic nitrogens is 2. The lowest BCUT2D eigenvalue weighted by Crippen LogP contribution is -1.99. The van der Waals surface area contributed by atoms with E-state index in [0.29, 0.717) is 6.42 Å². The van der Waals surface area contributed by atoms with Crippen molar-refractivity contribution in [2.75, 3.05) is 0 Å². The fourth-order valence-corrected chi connectivity index (χ4v) is 3.19. The van der Waals surface area contributed by atoms with Gasteiger partial charge in [-0.25, -0.2) is 4.98 Å². The second-order valence-electron chi connectivity index (χ2n) is 5.97. The van der Waals surface area contributed by atoms with Crippen LogP contribution in [0.5, 0.6) is 0 Å². The Hall–Kier alpha value is -2.86. The molecule has 0 N–H and O–H groups in total. The van der Waals surface area contributed by atoms with Crippen LogP contribution in [0.3, 0.4) is 0 Å². The molecule has 120 valence electrons. The number of nitriles is 1. The Morgan fingerprint density at radius 3 is 2.54 bits per heavy atom. The molecule has 0 radical (unpaired) electrons. The van der Waals surface area contributed by atoms with Gasteiger partial charge in [0.15, 0.2) is 0 Å². The molecule has 0 bridgehead atoms. The van der Waals surface area contributed by atoms with Crippen molar-refractivity contribution in [3.8, 4) is 28.7 Å². The van der Waals surface area contributed by atoms with Crippen molar-refractivity contribution in [1.29, 1.82) is 5.26 Å². The van der Waals surface area contributed by atoms with E-state index in [9.17, 15) is 5.26 Å². The first kappa shape index (κ1) is 16.0. The van der Waals surface area contributed by atoms with Crippen molar-refractivity contribution in [2.24, 2.45) is 7.05 Å². The Bertz CT molecular complexity index is 899. The van der Waals surface area contributed by atoms with Crippen LogP contribution in [0.2, 0.25) is 0 Å². The summed E-state index contributed by atoms with van der Waals surface area (Å²) in [4.78, 5) is 4.81. The molecular formula is C21H21N3. The highest BCUT2D eigenvalue weighted by atomic mass is 15.1. The highest BCUT2D eigenvalue weighted by molar-refractivity contribution is 5.70. The Balaban J connectivity index is 2.17. The molecule has 1 aromatic heterocycles. The van der Waals surface area contributed by atoms with Crippen LogP contribution in [0.4, 0.5) is 0 Å². The summed E-state index contributed by atoms with van der Waals surface area (Å²) in [6.07, 6.45) is 1.36. The van der Waals surface area contributed by atoms with Crippen molar-refractivity contribution in [3.63, 3.8) is 0 Å². The lowest BCUT2D eigenvalue weighted by atomic mass is 10.00. The molecule has 0 unspecified atom stereocenters. The summed E-state index contributed by atoms with van der Waals surface area (Å²) >= 11 is 0. The Labute approximate surface area is 143 Å². The topological polar surface area (TPSA) is 41.6 Å². The zero-order chi connectivity index (χ0) is 17.1. The van der Waals surface area contributed by atoms with E-state index < -0.39 is 0 Å². The molecule has 0 saturated carbocycles. The van der Waals surface area contributed by atoms with Gasteiger partial charge in [0.05, 0.1) is 23.9 Å². The van der Waals surface area contributed by atoms with Gasteiger partial charge >= 0.3 is 0 Å². The lowest BCUT2D eigenvalue weighted by molar-refractivity contribution is 0.929. The van der Waals surface area contributed by atoms with Gasteiger partial charge in [-0.05, 0) is 24.5 Å². The van der Waals surface area contributed by atoms with Gasteiger partial charge < -0.3 is 4.57 Å². The largest absolute Gasteiger partial charge is 0.327 e. The van der Waals surface area contributed by atoms with E-state index in [1.807, 2.05) is 32.2 Å². The normalized spacial score (nSPS) is 10.6. The van der Waals surface area contributed by atoms with Gasteiger partial charge in [-0.1, -0.05) is 55.5 Å². The van der Waals surface area contributed by atoms with Crippen LogP contribution in [0.25, 0.3) is 22.6 Å². The quantitative estimate of drug-likeness (QED) is 0.701. The van der Waals surface area contributed by atoms with Crippen molar-refractivity contribution in [3.05, 3.63) is 65.4 Å². The minimum absolute atomic E-state index is 0.399. The predicted molar refractivity (Wildman–Crippen MR) is 97.5 cm³/mol. The maximum absolute atomic E-state index is 9.18. The second kappa shape index (κ2) is 6.72. The molecule has 0 aliphatic rings. The van der Waals surface area contributed by atoms with E-state index in [4.69, 9.17) is 4.98 Å². The van der Waals surface area contributed by atoms with Gasteiger partial charge in [0.1, 0.15) is 5.82 Å². The molecule has 1 heterocycles. The van der Waals surface area contributed by atoms with Crippen molar-refractivity contribution in [2.45, 2.75) is 26.7 Å². The smallest absolute Gasteiger partial charge is 0.140 e. The number of nitrogens with zero attached hydrogens (tertiary/aromatic N) is 3. The zero-order valence-corrected chi connectivity index (χ0v) is 14.4. The SMILES string of the molecule is CCc1ccc(-c2nc(C)c(-c3ccccc3)n2C)c(CC#N)c1. The molecule has 2 aromatic carbocycles. The average molecular weight is 315 g/mol. The van der Waals surface area contributed by atoms with Crippen molar-refractivity contribution >= 4 is 0 Å². The van der Waals surface area contributed by atoms with Crippen LogP contribution >= 0.6 is 0 Å². The lowest BCUT2D eigenvalue weighted by Gasteiger charge is -2.11. The fourth-order valence-electron chi connectivity index (χ4n) is 3.19. The van der Waals surface area contributed by atoms with Gasteiger partial charge in [0.2, 0.25) is 0 Å². The van der Waals surface area contributed by atoms with Crippen molar-refractivity contribution in [1.82, 2.24) is 9.55 Å². The molecular weight excluding hydrogens is 294 g/mol. The number of imidazole rings is 1. The zero-order valence-electron chi connectivity index (χ0n) is 14.4. The third kappa shape index (κ3) is 2.83. The van der Waals surface area contributed by atoms with E-state index >= 15 is 0 Å². The summed E-state index contributed by atoms with van der Waals surface area (Å²) in [6.45, 7) is 4.17. The average Bonchev–Trinajstić information content (AvgIpc) is 2.90. The van der Waals surface area contributed by atoms with Crippen molar-refractivity contribution < 1.29 is 0 Å². The highest BCUT2D eigenvalue weighted by Gasteiger charge is 2.17. The van der Waals surface area contributed by atoms with E-state index in [0.717, 1.165) is 40.3 Å². The van der Waals surface area contributed by atoms with E-state index in [1.54, 1.807) is 0 Å². The second-order valence-corrected chi connectivity index (χ2v) is 5.97. The number of benzene rings is 2. The summed E-state index contributed by atoms with van der Waals surface area (Å²) in [5, 5.41) is 9.18. The van der Waals surface area contributed by atoms with Crippen LogP contribution < -0.4 is 0 Å². The summed E-state index contributed by atoms with van der Waals surface area (Å²) in [6, 6.07) is 18.9. The molecule has 0 saturated heterocycles. The molecule has 0 spiro atoms. The standard InChI is InChI=1S/C21H21N3/c1-4-16-10-11-19(18(14-16)12-13-22)21-23-15(2)20(24(21)3)17-8-6-5-7-9-17/h5-11,14H,4,12H2,1-3H3. The molecule has 0 fully saturated rings. The number of hydrogen-bond donors (Lipinski definition) is 0. The van der Waals surface area contributed by atoms with Crippen LogP contribution in [0.15, 0.2) is 48.5 Å². The van der Waals surface area contributed by atoms with Crippen LogP contribution in [-0.2, 0) is 19.9 Å². The van der Waals surface area contributed by atoms with Gasteiger partial charge in [0, 0.05) is 18.2 Å². The third-order valence-corrected chi connectivity index (χ3v) is 4.40. The first-order chi connectivity index (χ1) is 11.7. The Morgan fingerprint density at radius 2 is 1.88 bits per heavy atom. The third-order valence-electron chi connectivity index (χ3n) is 4.40. The van der Waals surface area contributed by atoms with Crippen LogP contribution in [-0.4, -0.2) is 9.55 Å². The number of rotatable bonds is 4. The molecule has 24 heavy (non-hydrogen) atoms. The number of hydrogen-bond acceptors (Lipinski definition) is 2. The first-order valence-corrected chi connectivity index (χ1v) is 8.23. The predicted octanol–water partition coefficient (Wildman–Crippen LogP) is 4.69. The first-order valence-electron chi connectivity index (χ1n) is 8.23. The van der Waals surface area contributed by atoms with Gasteiger partial charge in [0.25, 0.3) is 0 Å². The summed E-state index contributed by atoms with van der Waals surface area (Å²) in [5.74, 6) is 0.916. The summed E-state index contributed by atoms with van der Waals surface area (Å²) < 4.78 is 2.13. The van der Waals surface area contributed by atoms with Crippen LogP contribution in [0.1, 0.15) is 23.7 Å². The van der Waals surface area contributed by atoms with Gasteiger partial charge in [-0.15, -0.1) is 0 Å². The molecule has 0 aliphatic heterocycles. The Kier molecular flexibility index (Phi) is 4.48. The fraction of sp³-hybridized carbons (Fsp3) is 0.238. The maximum Gasteiger partial charge on any atom is 0.140 e.